The fraction of sp³-hybridized carbons (Fsp3) is 0.190. The monoisotopic (exact) mass is 396 g/mol. The number of nitrogens with one attached hydrogen (secondary N) is 1. The number of aromatic nitrogens is 1. The van der Waals surface area contributed by atoms with Crippen molar-refractivity contribution in [1.82, 2.24) is 4.57 Å². The Morgan fingerprint density at radius 3 is 2.48 bits per heavy atom. The molecule has 3 aromatic rings. The maximum atomic E-state index is 12.5. The third kappa shape index (κ3) is 4.99. The molecule has 1 aromatic heterocycles. The smallest absolute Gasteiger partial charge is 0.253 e. The number of carbonyl (C=O) groups is 1. The van der Waals surface area contributed by atoms with E-state index in [-0.39, 0.29) is 24.4 Å². The molecular formula is C21H20N2O2S2. The quantitative estimate of drug-likeness (QED) is 0.621. The van der Waals surface area contributed by atoms with E-state index in [0.717, 1.165) is 27.3 Å². The van der Waals surface area contributed by atoms with Gasteiger partial charge in [-0.25, -0.2) is 0 Å². The van der Waals surface area contributed by atoms with Gasteiger partial charge in [0, 0.05) is 29.6 Å². The van der Waals surface area contributed by atoms with Crippen LogP contribution in [0.1, 0.15) is 17.5 Å². The Hall–Kier alpha value is -2.57. The third-order valence-electron chi connectivity index (χ3n) is 4.14. The highest BCUT2D eigenvalue weighted by Gasteiger charge is 2.08. The Balaban J connectivity index is 1.72. The second-order valence-electron chi connectivity index (χ2n) is 6.40. The van der Waals surface area contributed by atoms with Crippen LogP contribution in [-0.4, -0.2) is 10.5 Å². The van der Waals surface area contributed by atoms with Gasteiger partial charge in [0.25, 0.3) is 5.56 Å². The Bertz CT molecular complexity index is 1050. The molecule has 0 radical (unpaired) electrons. The van der Waals surface area contributed by atoms with Crippen molar-refractivity contribution in [3.63, 3.8) is 0 Å². The molecule has 3 rings (SSSR count). The SMILES string of the molecule is Cc1ccc(-c2cc(=O)n(CCC(=O)Nc3cccc(C)c3)c(=S)s2)cc1. The summed E-state index contributed by atoms with van der Waals surface area (Å²) in [5.41, 5.74) is 3.78. The molecule has 6 heteroatoms. The first-order chi connectivity index (χ1) is 12.9. The highest BCUT2D eigenvalue weighted by Crippen LogP contribution is 2.23. The summed E-state index contributed by atoms with van der Waals surface area (Å²) < 4.78 is 1.95. The van der Waals surface area contributed by atoms with E-state index in [1.54, 1.807) is 6.07 Å². The van der Waals surface area contributed by atoms with Crippen molar-refractivity contribution in [1.29, 1.82) is 0 Å². The zero-order chi connectivity index (χ0) is 19.4. The van der Waals surface area contributed by atoms with E-state index in [1.165, 1.54) is 15.9 Å². The van der Waals surface area contributed by atoms with Crippen molar-refractivity contribution < 1.29 is 4.79 Å². The average Bonchev–Trinajstić information content (AvgIpc) is 2.61. The summed E-state index contributed by atoms with van der Waals surface area (Å²) in [6.07, 6.45) is 0.189. The number of amides is 1. The van der Waals surface area contributed by atoms with E-state index in [2.05, 4.69) is 5.32 Å². The minimum absolute atomic E-state index is 0.144. The largest absolute Gasteiger partial charge is 0.326 e. The van der Waals surface area contributed by atoms with E-state index < -0.39 is 0 Å². The van der Waals surface area contributed by atoms with E-state index in [4.69, 9.17) is 12.2 Å². The summed E-state index contributed by atoms with van der Waals surface area (Å²) in [5, 5.41) is 2.85. The second kappa shape index (κ2) is 8.41. The van der Waals surface area contributed by atoms with Crippen LogP contribution in [0.5, 0.6) is 0 Å². The number of benzene rings is 2. The van der Waals surface area contributed by atoms with Gasteiger partial charge in [-0.2, -0.15) is 0 Å². The fourth-order valence-corrected chi connectivity index (χ4v) is 4.02. The zero-order valence-corrected chi connectivity index (χ0v) is 16.8. The lowest BCUT2D eigenvalue weighted by molar-refractivity contribution is -0.116. The van der Waals surface area contributed by atoms with Crippen molar-refractivity contribution >= 4 is 35.1 Å². The van der Waals surface area contributed by atoms with Crippen LogP contribution in [0.4, 0.5) is 5.69 Å². The predicted octanol–water partition coefficient (Wildman–Crippen LogP) is 4.95. The molecule has 0 spiro atoms. The lowest BCUT2D eigenvalue weighted by Crippen LogP contribution is -2.22. The summed E-state index contributed by atoms with van der Waals surface area (Å²) in [4.78, 5) is 25.5. The number of hydrogen-bond acceptors (Lipinski definition) is 4. The van der Waals surface area contributed by atoms with Crippen LogP contribution in [0.25, 0.3) is 10.4 Å². The highest BCUT2D eigenvalue weighted by atomic mass is 32.1. The number of carbonyl (C=O) groups excluding carboxylic acids is 1. The molecule has 0 aliphatic carbocycles. The predicted molar refractivity (Wildman–Crippen MR) is 114 cm³/mol. The van der Waals surface area contributed by atoms with Gasteiger partial charge in [-0.3, -0.25) is 14.2 Å². The Morgan fingerprint density at radius 2 is 1.81 bits per heavy atom. The lowest BCUT2D eigenvalue weighted by Gasteiger charge is -2.09. The molecule has 2 aromatic carbocycles. The highest BCUT2D eigenvalue weighted by molar-refractivity contribution is 7.73. The van der Waals surface area contributed by atoms with E-state index in [1.807, 2.05) is 62.4 Å². The van der Waals surface area contributed by atoms with Crippen LogP contribution in [0.2, 0.25) is 0 Å². The van der Waals surface area contributed by atoms with E-state index >= 15 is 0 Å². The van der Waals surface area contributed by atoms with Gasteiger partial charge in [-0.05, 0) is 49.3 Å². The van der Waals surface area contributed by atoms with Gasteiger partial charge in [-0.15, -0.1) is 11.3 Å². The molecule has 1 heterocycles. The van der Waals surface area contributed by atoms with Gasteiger partial charge in [-0.1, -0.05) is 42.0 Å². The first kappa shape index (κ1) is 19.2. The van der Waals surface area contributed by atoms with Gasteiger partial charge in [0.2, 0.25) is 5.91 Å². The molecule has 0 aliphatic rings. The number of nitrogens with zero attached hydrogens (tertiary/aromatic N) is 1. The number of rotatable bonds is 5. The normalized spacial score (nSPS) is 10.6. The molecule has 0 atom stereocenters. The van der Waals surface area contributed by atoms with Crippen molar-refractivity contribution in [3.05, 3.63) is 80.0 Å². The second-order valence-corrected chi connectivity index (χ2v) is 8.08. The molecule has 1 amide bonds. The van der Waals surface area contributed by atoms with Crippen LogP contribution >= 0.6 is 23.6 Å². The standard InChI is InChI=1S/C21H20N2O2S2/c1-14-6-8-16(9-7-14)18-13-20(25)23(21(26)27-18)11-10-19(24)22-17-5-3-4-15(2)12-17/h3-9,12-13H,10-11H2,1-2H3,(H,22,24). The van der Waals surface area contributed by atoms with Gasteiger partial charge in [0.05, 0.1) is 0 Å². The number of anilines is 1. The molecule has 0 unspecified atom stereocenters. The maximum Gasteiger partial charge on any atom is 0.253 e. The molecule has 0 aliphatic heterocycles. The Morgan fingerprint density at radius 1 is 1.07 bits per heavy atom. The zero-order valence-electron chi connectivity index (χ0n) is 15.2. The van der Waals surface area contributed by atoms with Crippen LogP contribution in [0, 0.1) is 17.8 Å². The molecule has 27 heavy (non-hydrogen) atoms. The van der Waals surface area contributed by atoms with Crippen molar-refractivity contribution in [2.75, 3.05) is 5.32 Å². The fourth-order valence-electron chi connectivity index (χ4n) is 2.68. The molecular weight excluding hydrogens is 376 g/mol. The average molecular weight is 397 g/mol. The summed E-state index contributed by atoms with van der Waals surface area (Å²) in [6, 6.07) is 17.2. The van der Waals surface area contributed by atoms with E-state index in [0.29, 0.717) is 3.95 Å². The van der Waals surface area contributed by atoms with Crippen LogP contribution in [0.3, 0.4) is 0 Å². The van der Waals surface area contributed by atoms with Crippen molar-refractivity contribution in [2.24, 2.45) is 0 Å². The molecule has 0 saturated carbocycles. The summed E-state index contributed by atoms with van der Waals surface area (Å²) >= 11 is 6.78. The molecule has 138 valence electrons. The third-order valence-corrected chi connectivity index (χ3v) is 5.58. The number of hydrogen-bond donors (Lipinski definition) is 1. The van der Waals surface area contributed by atoms with Crippen LogP contribution in [0.15, 0.2) is 59.4 Å². The van der Waals surface area contributed by atoms with Crippen molar-refractivity contribution in [3.8, 4) is 10.4 Å². The summed E-state index contributed by atoms with van der Waals surface area (Å²) in [7, 11) is 0. The molecule has 4 nitrogen and oxygen atoms in total. The summed E-state index contributed by atoms with van der Waals surface area (Å²) in [6.45, 7) is 4.25. The first-order valence-corrected chi connectivity index (χ1v) is 9.83. The van der Waals surface area contributed by atoms with Gasteiger partial charge in [0.1, 0.15) is 0 Å². The Kier molecular flexibility index (Phi) is 5.98. The van der Waals surface area contributed by atoms with Gasteiger partial charge in [0.15, 0.2) is 3.95 Å². The van der Waals surface area contributed by atoms with Crippen LogP contribution in [-0.2, 0) is 11.3 Å². The number of aryl methyl sites for hydroxylation is 2. The van der Waals surface area contributed by atoms with Crippen molar-refractivity contribution in [2.45, 2.75) is 26.8 Å². The Labute approximate surface area is 167 Å². The molecule has 0 fully saturated rings. The molecule has 1 N–H and O–H groups in total. The van der Waals surface area contributed by atoms with Gasteiger partial charge < -0.3 is 5.32 Å². The topological polar surface area (TPSA) is 51.1 Å². The first-order valence-electron chi connectivity index (χ1n) is 8.61. The summed E-state index contributed by atoms with van der Waals surface area (Å²) in [5.74, 6) is -0.144. The molecule has 0 saturated heterocycles. The maximum absolute atomic E-state index is 12.5. The lowest BCUT2D eigenvalue weighted by atomic mass is 10.1. The van der Waals surface area contributed by atoms with E-state index in [9.17, 15) is 9.59 Å². The molecule has 0 bridgehead atoms. The minimum atomic E-state index is -0.183. The van der Waals surface area contributed by atoms with Crippen LogP contribution < -0.4 is 10.9 Å². The minimum Gasteiger partial charge on any atom is -0.326 e. The van der Waals surface area contributed by atoms with Gasteiger partial charge >= 0.3 is 0 Å².